The van der Waals surface area contributed by atoms with E-state index in [9.17, 15) is 0 Å². The fourth-order valence-corrected chi connectivity index (χ4v) is 3.54. The Morgan fingerprint density at radius 3 is 2.60 bits per heavy atom. The largest absolute Gasteiger partial charge is 0.314 e. The van der Waals surface area contributed by atoms with E-state index in [1.54, 1.807) is 0 Å². The Kier molecular flexibility index (Phi) is 5.06. The number of benzene rings is 1. The monoisotopic (exact) mass is 273 g/mol. The smallest absolute Gasteiger partial charge is 0.0233 e. The van der Waals surface area contributed by atoms with E-state index in [2.05, 4.69) is 45.4 Å². The SMILES string of the molecule is c1ccc(CN2CCCC(CN3CCNCC3)C2)cc1. The molecule has 1 aromatic rings. The predicted octanol–water partition coefficient (Wildman–Crippen LogP) is 1.80. The topological polar surface area (TPSA) is 18.5 Å². The van der Waals surface area contributed by atoms with Crippen molar-refractivity contribution >= 4 is 0 Å². The summed E-state index contributed by atoms with van der Waals surface area (Å²) in [5.74, 6) is 0.866. The van der Waals surface area contributed by atoms with E-state index >= 15 is 0 Å². The first-order valence-corrected chi connectivity index (χ1v) is 8.09. The second-order valence-corrected chi connectivity index (χ2v) is 6.28. The van der Waals surface area contributed by atoms with E-state index in [0.29, 0.717) is 0 Å². The van der Waals surface area contributed by atoms with Gasteiger partial charge in [0.15, 0.2) is 0 Å². The molecule has 0 aliphatic carbocycles. The molecule has 0 spiro atoms. The van der Waals surface area contributed by atoms with Crippen LogP contribution in [-0.4, -0.2) is 55.6 Å². The molecule has 110 valence electrons. The third-order valence-corrected chi connectivity index (χ3v) is 4.58. The van der Waals surface area contributed by atoms with Crippen LogP contribution in [0, 0.1) is 5.92 Å². The van der Waals surface area contributed by atoms with Crippen molar-refractivity contribution in [1.29, 1.82) is 0 Å². The first-order valence-electron chi connectivity index (χ1n) is 8.09. The molecule has 0 saturated carbocycles. The van der Waals surface area contributed by atoms with E-state index in [4.69, 9.17) is 0 Å². The zero-order valence-corrected chi connectivity index (χ0v) is 12.4. The molecule has 2 heterocycles. The van der Waals surface area contributed by atoms with Crippen LogP contribution in [0.1, 0.15) is 18.4 Å². The van der Waals surface area contributed by atoms with Gasteiger partial charge in [-0.1, -0.05) is 30.3 Å². The van der Waals surface area contributed by atoms with Crippen LogP contribution >= 0.6 is 0 Å². The number of rotatable bonds is 4. The van der Waals surface area contributed by atoms with Crippen molar-refractivity contribution in [2.45, 2.75) is 19.4 Å². The second kappa shape index (κ2) is 7.21. The summed E-state index contributed by atoms with van der Waals surface area (Å²) in [5.41, 5.74) is 1.45. The Bertz CT molecular complexity index is 386. The van der Waals surface area contributed by atoms with Gasteiger partial charge in [0.25, 0.3) is 0 Å². The highest BCUT2D eigenvalue weighted by Gasteiger charge is 2.22. The Morgan fingerprint density at radius 2 is 1.80 bits per heavy atom. The van der Waals surface area contributed by atoms with Crippen LogP contribution in [0.25, 0.3) is 0 Å². The van der Waals surface area contributed by atoms with Crippen LogP contribution in [0.3, 0.4) is 0 Å². The van der Waals surface area contributed by atoms with Gasteiger partial charge in [0.2, 0.25) is 0 Å². The number of hydrogen-bond donors (Lipinski definition) is 1. The van der Waals surface area contributed by atoms with E-state index in [-0.39, 0.29) is 0 Å². The Hall–Kier alpha value is -0.900. The van der Waals surface area contributed by atoms with Crippen LogP contribution in [0.15, 0.2) is 30.3 Å². The zero-order valence-electron chi connectivity index (χ0n) is 12.4. The summed E-state index contributed by atoms with van der Waals surface area (Å²) in [4.78, 5) is 5.29. The molecular weight excluding hydrogens is 246 g/mol. The maximum Gasteiger partial charge on any atom is 0.0233 e. The maximum atomic E-state index is 3.44. The molecule has 20 heavy (non-hydrogen) atoms. The Balaban J connectivity index is 1.48. The fourth-order valence-electron chi connectivity index (χ4n) is 3.54. The van der Waals surface area contributed by atoms with Crippen molar-refractivity contribution in [3.63, 3.8) is 0 Å². The standard InChI is InChI=1S/C17H27N3/c1-2-5-16(6-3-1)13-20-10-4-7-17(15-20)14-19-11-8-18-9-12-19/h1-3,5-6,17-18H,4,7-15H2. The predicted molar refractivity (Wildman–Crippen MR) is 83.8 cm³/mol. The van der Waals surface area contributed by atoms with Crippen LogP contribution in [-0.2, 0) is 6.54 Å². The number of piperidine rings is 1. The van der Waals surface area contributed by atoms with Crippen LogP contribution in [0.5, 0.6) is 0 Å². The van der Waals surface area contributed by atoms with Crippen molar-refractivity contribution in [1.82, 2.24) is 15.1 Å². The Morgan fingerprint density at radius 1 is 1.00 bits per heavy atom. The van der Waals surface area contributed by atoms with Crippen LogP contribution in [0.2, 0.25) is 0 Å². The van der Waals surface area contributed by atoms with Crippen LogP contribution < -0.4 is 5.32 Å². The van der Waals surface area contributed by atoms with Crippen molar-refractivity contribution in [3.05, 3.63) is 35.9 Å². The van der Waals surface area contributed by atoms with Gasteiger partial charge >= 0.3 is 0 Å². The molecule has 2 aliphatic rings. The van der Waals surface area contributed by atoms with E-state index in [0.717, 1.165) is 12.5 Å². The average molecular weight is 273 g/mol. The van der Waals surface area contributed by atoms with Gasteiger partial charge in [-0.05, 0) is 30.9 Å². The number of piperazine rings is 1. The fraction of sp³-hybridized carbons (Fsp3) is 0.647. The first kappa shape index (κ1) is 14.1. The lowest BCUT2D eigenvalue weighted by atomic mass is 9.96. The first-order chi connectivity index (χ1) is 9.90. The summed E-state index contributed by atoms with van der Waals surface area (Å²) in [6, 6.07) is 10.9. The minimum atomic E-state index is 0.866. The van der Waals surface area contributed by atoms with Gasteiger partial charge in [0.05, 0.1) is 0 Å². The molecule has 2 saturated heterocycles. The molecule has 3 heteroatoms. The third-order valence-electron chi connectivity index (χ3n) is 4.58. The van der Waals surface area contributed by atoms with Crippen LogP contribution in [0.4, 0.5) is 0 Å². The van der Waals surface area contributed by atoms with Crippen molar-refractivity contribution < 1.29 is 0 Å². The van der Waals surface area contributed by atoms with Gasteiger partial charge in [-0.2, -0.15) is 0 Å². The quantitative estimate of drug-likeness (QED) is 0.902. The molecule has 3 rings (SSSR count). The molecule has 2 aliphatic heterocycles. The highest BCUT2D eigenvalue weighted by molar-refractivity contribution is 5.14. The lowest BCUT2D eigenvalue weighted by Crippen LogP contribution is -2.47. The van der Waals surface area contributed by atoms with Gasteiger partial charge in [-0.3, -0.25) is 4.90 Å². The highest BCUT2D eigenvalue weighted by Crippen LogP contribution is 2.19. The summed E-state index contributed by atoms with van der Waals surface area (Å²) in [5, 5.41) is 3.44. The average Bonchev–Trinajstić information content (AvgIpc) is 2.50. The molecule has 0 radical (unpaired) electrons. The molecule has 3 nitrogen and oxygen atoms in total. The molecule has 2 fully saturated rings. The van der Waals surface area contributed by atoms with Gasteiger partial charge in [0, 0.05) is 45.8 Å². The number of nitrogens with one attached hydrogen (secondary N) is 1. The number of nitrogens with zero attached hydrogens (tertiary/aromatic N) is 2. The third kappa shape index (κ3) is 4.05. The van der Waals surface area contributed by atoms with E-state index in [1.165, 1.54) is 64.2 Å². The lowest BCUT2D eigenvalue weighted by Gasteiger charge is -2.37. The zero-order chi connectivity index (χ0) is 13.6. The molecule has 1 unspecified atom stereocenters. The maximum absolute atomic E-state index is 3.44. The van der Waals surface area contributed by atoms with Gasteiger partial charge < -0.3 is 10.2 Å². The van der Waals surface area contributed by atoms with E-state index in [1.807, 2.05) is 0 Å². The van der Waals surface area contributed by atoms with Gasteiger partial charge in [0.1, 0.15) is 0 Å². The molecule has 1 atom stereocenters. The number of likely N-dealkylation sites (tertiary alicyclic amines) is 1. The molecule has 0 bridgehead atoms. The van der Waals surface area contributed by atoms with Crippen molar-refractivity contribution in [2.24, 2.45) is 5.92 Å². The molecule has 0 aromatic heterocycles. The summed E-state index contributed by atoms with van der Waals surface area (Å²) < 4.78 is 0. The van der Waals surface area contributed by atoms with Gasteiger partial charge in [-0.25, -0.2) is 0 Å². The highest BCUT2D eigenvalue weighted by atomic mass is 15.2. The molecule has 1 aromatic carbocycles. The Labute approximate surface area is 123 Å². The summed E-state index contributed by atoms with van der Waals surface area (Å²) in [7, 11) is 0. The summed E-state index contributed by atoms with van der Waals surface area (Å²) in [6.45, 7) is 9.77. The molecule has 1 N–H and O–H groups in total. The number of hydrogen-bond acceptors (Lipinski definition) is 3. The lowest BCUT2D eigenvalue weighted by molar-refractivity contribution is 0.121. The summed E-state index contributed by atoms with van der Waals surface area (Å²) in [6.07, 6.45) is 2.78. The molecular formula is C17H27N3. The van der Waals surface area contributed by atoms with E-state index < -0.39 is 0 Å². The van der Waals surface area contributed by atoms with Gasteiger partial charge in [-0.15, -0.1) is 0 Å². The second-order valence-electron chi connectivity index (χ2n) is 6.28. The minimum absolute atomic E-state index is 0.866. The van der Waals surface area contributed by atoms with Crippen molar-refractivity contribution in [2.75, 3.05) is 45.8 Å². The minimum Gasteiger partial charge on any atom is -0.314 e. The normalized spacial score (nSPS) is 25.7. The summed E-state index contributed by atoms with van der Waals surface area (Å²) >= 11 is 0. The molecule has 0 amide bonds. The van der Waals surface area contributed by atoms with Crippen molar-refractivity contribution in [3.8, 4) is 0 Å².